The summed E-state index contributed by atoms with van der Waals surface area (Å²) in [5.41, 5.74) is 8.38. The number of rotatable bonds is 1. The Bertz CT molecular complexity index is 485. The van der Waals surface area contributed by atoms with Crippen LogP contribution in [0.2, 0.25) is 0 Å². The van der Waals surface area contributed by atoms with E-state index in [0.29, 0.717) is 11.3 Å². The molecule has 0 aliphatic rings. The van der Waals surface area contributed by atoms with Gasteiger partial charge in [0.05, 0.1) is 0 Å². The number of hydrogen-bond acceptors (Lipinski definition) is 3. The van der Waals surface area contributed by atoms with Crippen LogP contribution in [-0.2, 0) is 0 Å². The molecule has 0 radical (unpaired) electrons. The highest BCUT2D eigenvalue weighted by atomic mass is 19.1. The first-order chi connectivity index (χ1) is 7.08. The van der Waals surface area contributed by atoms with Gasteiger partial charge in [-0.1, -0.05) is 5.16 Å². The molecule has 1 heterocycles. The maximum atomic E-state index is 13.2. The van der Waals surface area contributed by atoms with Gasteiger partial charge in [0.25, 0.3) is 0 Å². The lowest BCUT2D eigenvalue weighted by molar-refractivity contribution is 0.439. The molecule has 1 aromatic carbocycles. The Hall–Kier alpha value is -1.84. The predicted molar refractivity (Wildman–Crippen MR) is 55.8 cm³/mol. The quantitative estimate of drug-likeness (QED) is 0.780. The first-order valence-electron chi connectivity index (χ1n) is 4.57. The number of aryl methyl sites for hydroxylation is 1. The smallest absolute Gasteiger partial charge is 0.225 e. The van der Waals surface area contributed by atoms with Crippen molar-refractivity contribution in [2.75, 3.05) is 5.73 Å². The molecule has 0 unspecified atom stereocenters. The summed E-state index contributed by atoms with van der Waals surface area (Å²) < 4.78 is 18.0. The SMILES string of the molecule is Cc1cc(F)cc(-c2noc(N)c2C)c1. The highest BCUT2D eigenvalue weighted by Crippen LogP contribution is 2.27. The average molecular weight is 206 g/mol. The fraction of sp³-hybridized carbons (Fsp3) is 0.182. The second kappa shape index (κ2) is 3.38. The van der Waals surface area contributed by atoms with Crippen LogP contribution in [0.3, 0.4) is 0 Å². The minimum Gasteiger partial charge on any atom is -0.367 e. The van der Waals surface area contributed by atoms with Crippen molar-refractivity contribution in [2.24, 2.45) is 0 Å². The number of halogens is 1. The Labute approximate surface area is 86.7 Å². The van der Waals surface area contributed by atoms with Crippen molar-refractivity contribution in [1.29, 1.82) is 0 Å². The zero-order valence-corrected chi connectivity index (χ0v) is 8.54. The molecule has 3 nitrogen and oxygen atoms in total. The second-order valence-corrected chi connectivity index (χ2v) is 3.54. The van der Waals surface area contributed by atoms with Gasteiger partial charge in [-0.25, -0.2) is 4.39 Å². The largest absolute Gasteiger partial charge is 0.367 e. The monoisotopic (exact) mass is 206 g/mol. The van der Waals surface area contributed by atoms with Gasteiger partial charge in [-0.3, -0.25) is 0 Å². The summed E-state index contributed by atoms with van der Waals surface area (Å²) in [7, 11) is 0. The molecule has 2 N–H and O–H groups in total. The molecule has 0 saturated carbocycles. The number of hydrogen-bond donors (Lipinski definition) is 1. The minimum absolute atomic E-state index is 0.270. The van der Waals surface area contributed by atoms with Crippen LogP contribution >= 0.6 is 0 Å². The minimum atomic E-state index is -0.286. The van der Waals surface area contributed by atoms with E-state index in [-0.39, 0.29) is 11.7 Å². The second-order valence-electron chi connectivity index (χ2n) is 3.54. The summed E-state index contributed by atoms with van der Waals surface area (Å²) in [4.78, 5) is 0. The summed E-state index contributed by atoms with van der Waals surface area (Å²) >= 11 is 0. The van der Waals surface area contributed by atoms with E-state index in [1.165, 1.54) is 12.1 Å². The molecule has 0 saturated heterocycles. The van der Waals surface area contributed by atoms with E-state index in [1.807, 2.05) is 13.0 Å². The third-order valence-electron chi connectivity index (χ3n) is 2.28. The summed E-state index contributed by atoms with van der Waals surface area (Å²) in [6.45, 7) is 3.62. The molecular formula is C11H11FN2O. The average Bonchev–Trinajstić information content (AvgIpc) is 2.46. The molecule has 0 bridgehead atoms. The van der Waals surface area contributed by atoms with Crippen LogP contribution in [0.5, 0.6) is 0 Å². The lowest BCUT2D eigenvalue weighted by atomic mass is 10.1. The van der Waals surface area contributed by atoms with Gasteiger partial charge in [0.2, 0.25) is 5.88 Å². The van der Waals surface area contributed by atoms with Gasteiger partial charge in [-0.2, -0.15) is 0 Å². The summed E-state index contributed by atoms with van der Waals surface area (Å²) in [6, 6.07) is 4.72. The van der Waals surface area contributed by atoms with E-state index in [1.54, 1.807) is 6.92 Å². The van der Waals surface area contributed by atoms with E-state index >= 15 is 0 Å². The molecule has 2 aromatic rings. The van der Waals surface area contributed by atoms with Gasteiger partial charge in [0.1, 0.15) is 11.5 Å². The molecule has 4 heteroatoms. The number of aromatic nitrogens is 1. The highest BCUT2D eigenvalue weighted by molar-refractivity contribution is 5.67. The summed E-state index contributed by atoms with van der Waals surface area (Å²) in [5.74, 6) is -0.0158. The fourth-order valence-corrected chi connectivity index (χ4v) is 1.49. The molecular weight excluding hydrogens is 195 g/mol. The van der Waals surface area contributed by atoms with Crippen molar-refractivity contribution in [1.82, 2.24) is 5.16 Å². The van der Waals surface area contributed by atoms with Crippen molar-refractivity contribution in [3.8, 4) is 11.3 Å². The zero-order valence-electron chi connectivity index (χ0n) is 8.54. The zero-order chi connectivity index (χ0) is 11.0. The van der Waals surface area contributed by atoms with Gasteiger partial charge in [-0.15, -0.1) is 0 Å². The number of nitrogens with zero attached hydrogens (tertiary/aromatic N) is 1. The lowest BCUT2D eigenvalue weighted by Crippen LogP contribution is -1.87. The molecule has 2 rings (SSSR count). The molecule has 0 aliphatic heterocycles. The van der Waals surface area contributed by atoms with Crippen LogP contribution < -0.4 is 5.73 Å². The van der Waals surface area contributed by atoms with Crippen molar-refractivity contribution in [2.45, 2.75) is 13.8 Å². The summed E-state index contributed by atoms with van der Waals surface area (Å²) in [6.07, 6.45) is 0. The van der Waals surface area contributed by atoms with Gasteiger partial charge < -0.3 is 10.3 Å². The Kier molecular flexibility index (Phi) is 2.19. The first kappa shape index (κ1) is 9.71. The standard InChI is InChI=1S/C11H11FN2O/c1-6-3-8(5-9(12)4-6)10-7(2)11(13)15-14-10/h3-5H,13H2,1-2H3. The molecule has 0 spiro atoms. The van der Waals surface area contributed by atoms with Gasteiger partial charge in [0.15, 0.2) is 0 Å². The van der Waals surface area contributed by atoms with Crippen LogP contribution in [0.15, 0.2) is 22.7 Å². The van der Waals surface area contributed by atoms with E-state index < -0.39 is 0 Å². The Morgan fingerprint density at radius 1 is 1.27 bits per heavy atom. The Morgan fingerprint density at radius 3 is 2.53 bits per heavy atom. The molecule has 0 atom stereocenters. The van der Waals surface area contributed by atoms with Gasteiger partial charge in [0, 0.05) is 11.1 Å². The van der Waals surface area contributed by atoms with Crippen molar-refractivity contribution < 1.29 is 8.91 Å². The molecule has 0 fully saturated rings. The number of nitrogen functional groups attached to an aromatic ring is 1. The predicted octanol–water partition coefficient (Wildman–Crippen LogP) is 2.68. The lowest BCUT2D eigenvalue weighted by Gasteiger charge is -2.00. The molecule has 1 aromatic heterocycles. The highest BCUT2D eigenvalue weighted by Gasteiger charge is 2.12. The van der Waals surface area contributed by atoms with Gasteiger partial charge >= 0.3 is 0 Å². The molecule has 15 heavy (non-hydrogen) atoms. The Morgan fingerprint density at radius 2 is 2.00 bits per heavy atom. The van der Waals surface area contributed by atoms with E-state index in [2.05, 4.69) is 5.16 Å². The third-order valence-corrected chi connectivity index (χ3v) is 2.28. The van der Waals surface area contributed by atoms with Crippen LogP contribution in [0, 0.1) is 19.7 Å². The maximum Gasteiger partial charge on any atom is 0.225 e. The molecule has 0 aliphatic carbocycles. The fourth-order valence-electron chi connectivity index (χ4n) is 1.49. The third kappa shape index (κ3) is 1.70. The number of benzene rings is 1. The van der Waals surface area contributed by atoms with Crippen molar-refractivity contribution in [3.63, 3.8) is 0 Å². The Balaban J connectivity index is 2.58. The topological polar surface area (TPSA) is 52.0 Å². The normalized spacial score (nSPS) is 10.6. The van der Waals surface area contributed by atoms with Crippen molar-refractivity contribution >= 4 is 5.88 Å². The number of anilines is 1. The molecule has 0 amide bonds. The van der Waals surface area contributed by atoms with Crippen LogP contribution in [0.1, 0.15) is 11.1 Å². The maximum absolute atomic E-state index is 13.2. The summed E-state index contributed by atoms with van der Waals surface area (Å²) in [5, 5.41) is 3.80. The van der Waals surface area contributed by atoms with Gasteiger partial charge in [-0.05, 0) is 37.6 Å². The van der Waals surface area contributed by atoms with Crippen molar-refractivity contribution in [3.05, 3.63) is 35.1 Å². The van der Waals surface area contributed by atoms with Crippen LogP contribution in [0.25, 0.3) is 11.3 Å². The number of nitrogens with two attached hydrogens (primary N) is 1. The van der Waals surface area contributed by atoms with E-state index in [0.717, 1.165) is 11.1 Å². The molecule has 78 valence electrons. The van der Waals surface area contributed by atoms with E-state index in [9.17, 15) is 4.39 Å². The van der Waals surface area contributed by atoms with Crippen LogP contribution in [-0.4, -0.2) is 5.16 Å². The van der Waals surface area contributed by atoms with E-state index in [4.69, 9.17) is 10.3 Å². The van der Waals surface area contributed by atoms with Crippen LogP contribution in [0.4, 0.5) is 10.3 Å². The first-order valence-corrected chi connectivity index (χ1v) is 4.57.